The lowest BCUT2D eigenvalue weighted by atomic mass is 10.2. The van der Waals surface area contributed by atoms with Crippen molar-refractivity contribution in [1.29, 1.82) is 0 Å². The van der Waals surface area contributed by atoms with Crippen LogP contribution in [0.3, 0.4) is 0 Å². The van der Waals surface area contributed by atoms with Gasteiger partial charge in [0.25, 0.3) is 11.8 Å². The van der Waals surface area contributed by atoms with Crippen molar-refractivity contribution in [2.24, 2.45) is 0 Å². The zero-order valence-electron chi connectivity index (χ0n) is 15.2. The van der Waals surface area contributed by atoms with Crippen LogP contribution in [0.4, 0.5) is 0 Å². The van der Waals surface area contributed by atoms with Crippen molar-refractivity contribution in [1.82, 2.24) is 15.0 Å². The fourth-order valence-corrected chi connectivity index (χ4v) is 3.22. The zero-order valence-corrected chi connectivity index (χ0v) is 16.0. The smallest absolute Gasteiger partial charge is 0.269 e. The van der Waals surface area contributed by atoms with Crippen LogP contribution < -0.4 is 14.8 Å². The van der Waals surface area contributed by atoms with Crippen LogP contribution in [0.5, 0.6) is 5.75 Å². The van der Waals surface area contributed by atoms with Crippen molar-refractivity contribution >= 4 is 21.8 Å². The minimum Gasteiger partial charge on any atom is -0.497 e. The van der Waals surface area contributed by atoms with E-state index in [1.165, 1.54) is 19.2 Å². The van der Waals surface area contributed by atoms with Crippen LogP contribution in [0.25, 0.3) is 0 Å². The minimum absolute atomic E-state index is 0.00623. The van der Waals surface area contributed by atoms with Gasteiger partial charge in [0.15, 0.2) is 0 Å². The Morgan fingerprint density at radius 3 is 2.39 bits per heavy atom. The van der Waals surface area contributed by atoms with Crippen molar-refractivity contribution in [3.8, 4) is 5.75 Å². The van der Waals surface area contributed by atoms with Gasteiger partial charge in [-0.2, -0.15) is 0 Å². The number of hydrogen-bond donors (Lipinski definition) is 3. The highest BCUT2D eigenvalue weighted by Crippen LogP contribution is 2.12. The molecular formula is C18H21N3O6S. The molecule has 1 aromatic carbocycles. The molecule has 0 saturated heterocycles. The highest BCUT2D eigenvalue weighted by atomic mass is 32.2. The number of rotatable bonds is 9. The van der Waals surface area contributed by atoms with E-state index in [4.69, 9.17) is 9.84 Å². The average Bonchev–Trinajstić information content (AvgIpc) is 2.70. The third-order valence-corrected chi connectivity index (χ3v) is 4.96. The number of ether oxygens (including phenoxy) is 1. The second-order valence-electron chi connectivity index (χ2n) is 5.76. The second kappa shape index (κ2) is 9.81. The van der Waals surface area contributed by atoms with Crippen LogP contribution in [0, 0.1) is 0 Å². The number of nitrogens with one attached hydrogen (secondary N) is 2. The predicted octanol–water partition coefficient (Wildman–Crippen LogP) is 0.115. The number of pyridine rings is 1. The molecule has 150 valence electrons. The Morgan fingerprint density at radius 2 is 1.82 bits per heavy atom. The highest BCUT2D eigenvalue weighted by molar-refractivity contribution is 7.90. The average molecular weight is 407 g/mol. The normalized spacial score (nSPS) is 10.9. The third-order valence-electron chi connectivity index (χ3n) is 3.72. The molecule has 0 fully saturated rings. The topological polar surface area (TPSA) is 135 Å². The zero-order chi connectivity index (χ0) is 20.6. The van der Waals surface area contributed by atoms with Crippen LogP contribution >= 0.6 is 0 Å². The van der Waals surface area contributed by atoms with Crippen molar-refractivity contribution in [2.45, 2.75) is 6.42 Å². The SMILES string of the molecule is COc1ccc(CCS(=O)(=O)NC(=O)c2ccc(C(=O)NCCO)nc2)cc1. The van der Waals surface area contributed by atoms with Crippen LogP contribution in [0.15, 0.2) is 42.6 Å². The number of benzene rings is 1. The molecule has 0 spiro atoms. The van der Waals surface area contributed by atoms with E-state index in [-0.39, 0.29) is 36.6 Å². The maximum Gasteiger partial charge on any atom is 0.269 e. The van der Waals surface area contributed by atoms with Gasteiger partial charge in [-0.05, 0) is 36.2 Å². The summed E-state index contributed by atoms with van der Waals surface area (Å²) >= 11 is 0. The van der Waals surface area contributed by atoms with E-state index in [1.807, 2.05) is 4.72 Å². The first-order chi connectivity index (χ1) is 13.3. The van der Waals surface area contributed by atoms with Crippen LogP contribution in [0.2, 0.25) is 0 Å². The first-order valence-electron chi connectivity index (χ1n) is 8.37. The number of amides is 2. The number of methoxy groups -OCH3 is 1. The lowest BCUT2D eigenvalue weighted by molar-refractivity contribution is 0.0936. The fourth-order valence-electron chi connectivity index (χ4n) is 2.22. The minimum atomic E-state index is -3.85. The first kappa shape index (κ1) is 21.3. The maximum absolute atomic E-state index is 12.1. The lowest BCUT2D eigenvalue weighted by Crippen LogP contribution is -2.33. The number of aryl methyl sites for hydroxylation is 1. The molecule has 1 aromatic heterocycles. The summed E-state index contributed by atoms with van der Waals surface area (Å²) in [5.41, 5.74) is 0.845. The summed E-state index contributed by atoms with van der Waals surface area (Å²) in [6, 6.07) is 9.55. The number of hydrogen-bond acceptors (Lipinski definition) is 7. The van der Waals surface area contributed by atoms with Crippen molar-refractivity contribution in [3.63, 3.8) is 0 Å². The van der Waals surface area contributed by atoms with Gasteiger partial charge < -0.3 is 15.2 Å². The van der Waals surface area contributed by atoms with E-state index in [1.54, 1.807) is 24.3 Å². The van der Waals surface area contributed by atoms with Gasteiger partial charge in [0.2, 0.25) is 10.0 Å². The summed E-state index contributed by atoms with van der Waals surface area (Å²) in [6.07, 6.45) is 1.34. The third kappa shape index (κ3) is 6.32. The molecule has 0 aliphatic heterocycles. The maximum atomic E-state index is 12.1. The Kier molecular flexibility index (Phi) is 7.47. The van der Waals surface area contributed by atoms with Gasteiger partial charge in [0.1, 0.15) is 11.4 Å². The van der Waals surface area contributed by atoms with Gasteiger partial charge >= 0.3 is 0 Å². The van der Waals surface area contributed by atoms with E-state index in [2.05, 4.69) is 10.3 Å². The molecule has 2 rings (SSSR count). The molecule has 2 amide bonds. The summed E-state index contributed by atoms with van der Waals surface area (Å²) in [6.45, 7) is -0.129. The molecule has 2 aromatic rings. The Balaban J connectivity index is 1.93. The molecule has 0 aliphatic carbocycles. The van der Waals surface area contributed by atoms with E-state index in [0.717, 1.165) is 11.8 Å². The molecule has 0 radical (unpaired) electrons. The van der Waals surface area contributed by atoms with Gasteiger partial charge in [0, 0.05) is 12.7 Å². The number of aliphatic hydroxyl groups excluding tert-OH is 1. The van der Waals surface area contributed by atoms with Gasteiger partial charge in [-0.15, -0.1) is 0 Å². The van der Waals surface area contributed by atoms with Gasteiger partial charge in [-0.1, -0.05) is 12.1 Å². The number of aliphatic hydroxyl groups is 1. The standard InChI is InChI=1S/C18H21N3O6S/c1-27-15-5-2-13(3-6-15)8-11-28(25,26)21-17(23)14-4-7-16(20-12-14)18(24)19-9-10-22/h2-7,12,22H,8-11H2,1H3,(H,19,24)(H,21,23). The van der Waals surface area contributed by atoms with Crippen molar-refractivity contribution in [2.75, 3.05) is 26.0 Å². The summed E-state index contributed by atoms with van der Waals surface area (Å²) in [7, 11) is -2.31. The van der Waals surface area contributed by atoms with E-state index in [9.17, 15) is 18.0 Å². The molecular weight excluding hydrogens is 386 g/mol. The second-order valence-corrected chi connectivity index (χ2v) is 7.60. The largest absolute Gasteiger partial charge is 0.497 e. The number of sulfonamides is 1. The molecule has 0 unspecified atom stereocenters. The summed E-state index contributed by atoms with van der Waals surface area (Å²) in [4.78, 5) is 27.6. The van der Waals surface area contributed by atoms with E-state index in [0.29, 0.717) is 5.75 Å². The number of nitrogens with zero attached hydrogens (tertiary/aromatic N) is 1. The van der Waals surface area contributed by atoms with Gasteiger partial charge in [-0.3, -0.25) is 14.6 Å². The van der Waals surface area contributed by atoms with E-state index >= 15 is 0 Å². The molecule has 0 bridgehead atoms. The quantitative estimate of drug-likeness (QED) is 0.537. The predicted molar refractivity (Wildman–Crippen MR) is 102 cm³/mol. The number of aromatic nitrogens is 1. The Bertz CT molecular complexity index is 911. The Labute approximate surface area is 162 Å². The fraction of sp³-hybridized carbons (Fsp3) is 0.278. The molecule has 0 saturated carbocycles. The van der Waals surface area contributed by atoms with Crippen molar-refractivity contribution < 1.29 is 27.9 Å². The summed E-state index contributed by atoms with van der Waals surface area (Å²) < 4.78 is 31.3. The van der Waals surface area contributed by atoms with Crippen LogP contribution in [-0.2, 0) is 16.4 Å². The molecule has 10 heteroatoms. The number of carbonyl (C=O) groups is 2. The highest BCUT2D eigenvalue weighted by Gasteiger charge is 2.17. The van der Waals surface area contributed by atoms with Crippen molar-refractivity contribution in [3.05, 3.63) is 59.4 Å². The monoisotopic (exact) mass is 407 g/mol. The summed E-state index contributed by atoms with van der Waals surface area (Å²) in [5, 5.41) is 11.1. The van der Waals surface area contributed by atoms with Crippen LogP contribution in [0.1, 0.15) is 26.4 Å². The van der Waals surface area contributed by atoms with Gasteiger partial charge in [0.05, 0.1) is 25.0 Å². The number of carbonyl (C=O) groups excluding carboxylic acids is 2. The molecule has 1 heterocycles. The molecule has 3 N–H and O–H groups in total. The molecule has 0 aliphatic rings. The summed E-state index contributed by atoms with van der Waals surface area (Å²) in [5.74, 6) is -0.932. The van der Waals surface area contributed by atoms with Gasteiger partial charge in [-0.25, -0.2) is 13.1 Å². The van der Waals surface area contributed by atoms with Crippen LogP contribution in [-0.4, -0.2) is 56.3 Å². The molecule has 28 heavy (non-hydrogen) atoms. The van der Waals surface area contributed by atoms with E-state index < -0.39 is 21.8 Å². The molecule has 9 nitrogen and oxygen atoms in total. The Hall–Kier alpha value is -2.98. The first-order valence-corrected chi connectivity index (χ1v) is 10.0. The Morgan fingerprint density at radius 1 is 1.11 bits per heavy atom. The lowest BCUT2D eigenvalue weighted by Gasteiger charge is -2.08. The molecule has 0 atom stereocenters.